The molecule has 23 heavy (non-hydrogen) atoms. The number of amides is 1. The van der Waals surface area contributed by atoms with Crippen molar-refractivity contribution in [3.05, 3.63) is 35.2 Å². The number of nitrogens with zero attached hydrogens (tertiary/aromatic N) is 3. The van der Waals surface area contributed by atoms with Crippen LogP contribution in [0.2, 0.25) is 0 Å². The molecule has 0 spiro atoms. The van der Waals surface area contributed by atoms with Crippen LogP contribution in [0, 0.1) is 13.8 Å². The molecule has 0 aliphatic carbocycles. The van der Waals surface area contributed by atoms with Gasteiger partial charge in [0, 0.05) is 18.3 Å². The zero-order chi connectivity index (χ0) is 16.6. The Morgan fingerprint density at radius 2 is 2.17 bits per heavy atom. The first-order valence-electron chi connectivity index (χ1n) is 7.22. The lowest BCUT2D eigenvalue weighted by molar-refractivity contribution is -0.115. The van der Waals surface area contributed by atoms with Gasteiger partial charge in [0.25, 0.3) is 0 Å². The fourth-order valence-corrected chi connectivity index (χ4v) is 3.44. The second kappa shape index (κ2) is 6.00. The molecule has 2 aromatic heterocycles. The van der Waals surface area contributed by atoms with Crippen LogP contribution < -0.4 is 10.1 Å². The van der Waals surface area contributed by atoms with Crippen LogP contribution >= 0.6 is 11.3 Å². The molecule has 0 atom stereocenters. The molecule has 0 saturated carbocycles. The molecular formula is C16H18N4O2S. The largest absolute Gasteiger partial charge is 0.494 e. The van der Waals surface area contributed by atoms with Crippen LogP contribution in [-0.2, 0) is 18.3 Å². The summed E-state index contributed by atoms with van der Waals surface area (Å²) in [6, 6.07) is 5.73. The number of anilines is 1. The van der Waals surface area contributed by atoms with Crippen LogP contribution in [0.1, 0.15) is 17.0 Å². The highest BCUT2D eigenvalue weighted by Gasteiger charge is 2.15. The normalized spacial score (nSPS) is 11.0. The second-order valence-corrected chi connectivity index (χ2v) is 6.35. The Morgan fingerprint density at radius 3 is 2.83 bits per heavy atom. The van der Waals surface area contributed by atoms with E-state index in [1.165, 1.54) is 11.3 Å². The number of methoxy groups -OCH3 is 1. The fourth-order valence-electron chi connectivity index (χ4n) is 2.54. The van der Waals surface area contributed by atoms with E-state index in [0.717, 1.165) is 27.2 Å². The molecule has 0 aliphatic heterocycles. The summed E-state index contributed by atoms with van der Waals surface area (Å²) < 4.78 is 8.07. The smallest absolute Gasteiger partial charge is 0.230 e. The molecule has 0 fully saturated rings. The van der Waals surface area contributed by atoms with Gasteiger partial charge in [0.15, 0.2) is 5.13 Å². The molecule has 1 N–H and O–H groups in total. The number of fused-ring (bicyclic) bond motifs is 1. The molecule has 0 radical (unpaired) electrons. The minimum atomic E-state index is -0.0952. The van der Waals surface area contributed by atoms with E-state index in [4.69, 9.17) is 4.74 Å². The number of ether oxygens (including phenoxy) is 1. The lowest BCUT2D eigenvalue weighted by Gasteiger charge is -2.02. The van der Waals surface area contributed by atoms with E-state index < -0.39 is 0 Å². The van der Waals surface area contributed by atoms with Crippen molar-refractivity contribution in [2.75, 3.05) is 12.4 Å². The summed E-state index contributed by atoms with van der Waals surface area (Å²) in [5.41, 5.74) is 3.61. The number of para-hydroxylation sites is 1. The van der Waals surface area contributed by atoms with E-state index in [1.807, 2.05) is 39.1 Å². The monoisotopic (exact) mass is 330 g/mol. The number of aromatic nitrogens is 3. The van der Waals surface area contributed by atoms with E-state index in [1.54, 1.807) is 11.8 Å². The number of aryl methyl sites for hydroxylation is 2. The summed E-state index contributed by atoms with van der Waals surface area (Å²) in [5, 5.41) is 7.78. The van der Waals surface area contributed by atoms with Crippen molar-refractivity contribution in [2.24, 2.45) is 7.05 Å². The summed E-state index contributed by atoms with van der Waals surface area (Å²) in [4.78, 5) is 16.8. The third kappa shape index (κ3) is 2.92. The van der Waals surface area contributed by atoms with E-state index in [0.29, 0.717) is 17.3 Å². The predicted octanol–water partition coefficient (Wildman–Crippen LogP) is 2.84. The van der Waals surface area contributed by atoms with Gasteiger partial charge in [-0.2, -0.15) is 5.10 Å². The van der Waals surface area contributed by atoms with Crippen LogP contribution in [0.3, 0.4) is 0 Å². The van der Waals surface area contributed by atoms with E-state index in [9.17, 15) is 4.79 Å². The summed E-state index contributed by atoms with van der Waals surface area (Å²) in [6.45, 7) is 3.88. The molecule has 6 nitrogen and oxygen atoms in total. The van der Waals surface area contributed by atoms with Gasteiger partial charge in [-0.05, 0) is 26.0 Å². The molecule has 1 aromatic carbocycles. The van der Waals surface area contributed by atoms with Gasteiger partial charge in [-0.3, -0.25) is 9.48 Å². The number of carbonyl (C=O) groups is 1. The average Bonchev–Trinajstić information content (AvgIpc) is 3.02. The molecule has 1 amide bonds. The van der Waals surface area contributed by atoms with Gasteiger partial charge in [-0.15, -0.1) is 0 Å². The first-order chi connectivity index (χ1) is 11.0. The van der Waals surface area contributed by atoms with Crippen molar-refractivity contribution >= 4 is 32.6 Å². The molecule has 3 rings (SSSR count). The van der Waals surface area contributed by atoms with Gasteiger partial charge < -0.3 is 10.1 Å². The highest BCUT2D eigenvalue weighted by molar-refractivity contribution is 7.22. The molecule has 7 heteroatoms. The minimum absolute atomic E-state index is 0.0952. The third-order valence-corrected chi connectivity index (χ3v) is 4.78. The molecule has 0 saturated heterocycles. The van der Waals surface area contributed by atoms with Crippen molar-refractivity contribution in [3.63, 3.8) is 0 Å². The Hall–Kier alpha value is -2.41. The molecule has 2 heterocycles. The number of nitrogens with one attached hydrogen (secondary N) is 1. The van der Waals surface area contributed by atoms with Gasteiger partial charge in [0.1, 0.15) is 11.3 Å². The zero-order valence-corrected chi connectivity index (χ0v) is 14.3. The maximum absolute atomic E-state index is 12.3. The topological polar surface area (TPSA) is 69.0 Å². The average molecular weight is 330 g/mol. The Morgan fingerprint density at radius 1 is 1.39 bits per heavy atom. The maximum atomic E-state index is 12.3. The van der Waals surface area contributed by atoms with Gasteiger partial charge in [0.2, 0.25) is 5.91 Å². The van der Waals surface area contributed by atoms with Gasteiger partial charge in [-0.25, -0.2) is 4.98 Å². The van der Waals surface area contributed by atoms with Gasteiger partial charge in [0.05, 0.1) is 23.9 Å². The highest BCUT2D eigenvalue weighted by Crippen LogP contribution is 2.32. The molecule has 0 unspecified atom stereocenters. The number of hydrogen-bond donors (Lipinski definition) is 1. The summed E-state index contributed by atoms with van der Waals surface area (Å²) in [5.74, 6) is 0.612. The number of hydrogen-bond acceptors (Lipinski definition) is 5. The Kier molecular flexibility index (Phi) is 4.04. The van der Waals surface area contributed by atoms with E-state index in [-0.39, 0.29) is 5.91 Å². The first-order valence-corrected chi connectivity index (χ1v) is 8.03. The first kappa shape index (κ1) is 15.5. The van der Waals surface area contributed by atoms with Gasteiger partial charge >= 0.3 is 0 Å². The maximum Gasteiger partial charge on any atom is 0.230 e. The summed E-state index contributed by atoms with van der Waals surface area (Å²) >= 11 is 1.44. The van der Waals surface area contributed by atoms with Crippen LogP contribution in [0.25, 0.3) is 10.2 Å². The standard InChI is InChI=1S/C16H18N4O2S/c1-9-11(10(2)20(3)19-9)8-14(21)17-16-18-15-12(22-4)6-5-7-13(15)23-16/h5-7H,8H2,1-4H3,(H,17,18,21). The number of rotatable bonds is 4. The van der Waals surface area contributed by atoms with Crippen LogP contribution in [0.4, 0.5) is 5.13 Å². The summed E-state index contributed by atoms with van der Waals surface area (Å²) in [6.07, 6.45) is 0.290. The fraction of sp³-hybridized carbons (Fsp3) is 0.312. The van der Waals surface area contributed by atoms with Crippen LogP contribution in [0.5, 0.6) is 5.75 Å². The Labute approximate surface area is 138 Å². The number of benzene rings is 1. The quantitative estimate of drug-likeness (QED) is 0.798. The lowest BCUT2D eigenvalue weighted by atomic mass is 10.1. The molecule has 0 bridgehead atoms. The van der Waals surface area contributed by atoms with Gasteiger partial charge in [-0.1, -0.05) is 17.4 Å². The van der Waals surface area contributed by atoms with E-state index in [2.05, 4.69) is 15.4 Å². The van der Waals surface area contributed by atoms with Crippen molar-refractivity contribution in [3.8, 4) is 5.75 Å². The van der Waals surface area contributed by atoms with Crippen LogP contribution in [-0.4, -0.2) is 27.8 Å². The number of carbonyl (C=O) groups excluding carboxylic acids is 1. The third-order valence-electron chi connectivity index (χ3n) is 3.84. The molecule has 0 aliphatic rings. The Balaban J connectivity index is 1.80. The number of thiazole rings is 1. The van der Waals surface area contributed by atoms with E-state index >= 15 is 0 Å². The lowest BCUT2D eigenvalue weighted by Crippen LogP contribution is -2.15. The SMILES string of the molecule is COc1cccc2sc(NC(=O)Cc3c(C)nn(C)c3C)nc12. The zero-order valence-electron chi connectivity index (χ0n) is 13.5. The predicted molar refractivity (Wildman–Crippen MR) is 91.2 cm³/mol. The minimum Gasteiger partial charge on any atom is -0.494 e. The Bertz CT molecular complexity index is 882. The van der Waals surface area contributed by atoms with Crippen molar-refractivity contribution in [2.45, 2.75) is 20.3 Å². The van der Waals surface area contributed by atoms with Crippen LogP contribution in [0.15, 0.2) is 18.2 Å². The molecule has 3 aromatic rings. The highest BCUT2D eigenvalue weighted by atomic mass is 32.1. The van der Waals surface area contributed by atoms with Crippen molar-refractivity contribution in [1.29, 1.82) is 0 Å². The van der Waals surface area contributed by atoms with Crippen molar-refractivity contribution < 1.29 is 9.53 Å². The molecule has 120 valence electrons. The van der Waals surface area contributed by atoms with Crippen molar-refractivity contribution in [1.82, 2.24) is 14.8 Å². The second-order valence-electron chi connectivity index (χ2n) is 5.32. The molecular weight excluding hydrogens is 312 g/mol. The summed E-state index contributed by atoms with van der Waals surface area (Å²) in [7, 11) is 3.49.